The molecule has 0 spiro atoms. The number of alkyl halides is 3. The van der Waals surface area contributed by atoms with Crippen molar-refractivity contribution in [1.82, 2.24) is 19.7 Å². The van der Waals surface area contributed by atoms with Crippen LogP contribution in [-0.2, 0) is 66.0 Å². The zero-order valence-electron chi connectivity index (χ0n) is 45.9. The highest BCUT2D eigenvalue weighted by atomic mass is 35.5. The number of carbonyl (C=O) groups excluding carboxylic acids is 3. The Morgan fingerprint density at radius 2 is 1.30 bits per heavy atom. The number of halogens is 4. The molecule has 0 aliphatic heterocycles. The first-order valence-corrected chi connectivity index (χ1v) is 31.8. The number of benzene rings is 5. The summed E-state index contributed by atoms with van der Waals surface area (Å²) in [5.41, 5.74) is -0.586. The van der Waals surface area contributed by atoms with Crippen molar-refractivity contribution in [2.45, 2.75) is 47.7 Å². The molecule has 2 N–H and O–H groups in total. The van der Waals surface area contributed by atoms with Gasteiger partial charge in [-0.3, -0.25) is 10.1 Å². The number of urea groups is 1. The number of hydrogen-bond acceptors (Lipinski definition) is 22. The Kier molecular flexibility index (Phi) is 24.6. The van der Waals surface area contributed by atoms with Crippen molar-refractivity contribution in [3.8, 4) is 35.1 Å². The summed E-state index contributed by atoms with van der Waals surface area (Å²) in [5.74, 6) is -0.882. The Labute approximate surface area is 502 Å². The fourth-order valence-corrected chi connectivity index (χ4v) is 11.1. The van der Waals surface area contributed by atoms with E-state index in [1.54, 1.807) is 66.7 Å². The third kappa shape index (κ3) is 19.7. The zero-order chi connectivity index (χ0) is 62.0. The van der Waals surface area contributed by atoms with Crippen LogP contribution in [-0.4, -0.2) is 90.2 Å². The normalized spacial score (nSPS) is 14.9. The molecule has 0 saturated heterocycles. The number of anilines is 1. The highest BCUT2D eigenvalue weighted by Crippen LogP contribution is 2.61. The number of carbonyl (C=O) groups is 3. The molecule has 1 fully saturated rings. The average Bonchev–Trinajstić information content (AvgIpc) is 1.97. The number of methoxy groups -OCH3 is 2. The SMILES string of the molecule is CC1(C)C(/C=C(\Cl)C(F)(F)F)C1C(=O)OC(C#N)c1cccc(Oc2ccccc2)c1.COC(=O)c1ccccc1S(=O)(=O)NC(=O)Nc1nc(C)nc(OC)n1.COP(=S)(OC)Oc1ccc(Sc2ccc(OP(=S)(OC)OC)cc2)cc1. The van der Waals surface area contributed by atoms with E-state index in [2.05, 4.69) is 25.0 Å². The predicted molar refractivity (Wildman–Crippen MR) is 311 cm³/mol. The number of nitrogens with one attached hydrogen (secondary N) is 2. The number of aryl methyl sites for hydroxylation is 1. The van der Waals surface area contributed by atoms with E-state index in [0.717, 1.165) is 29.0 Å². The van der Waals surface area contributed by atoms with Crippen molar-refractivity contribution in [1.29, 1.82) is 5.26 Å². The van der Waals surface area contributed by atoms with Gasteiger partial charge in [-0.25, -0.2) is 22.7 Å². The van der Waals surface area contributed by atoms with Crippen molar-refractivity contribution in [2.24, 2.45) is 17.3 Å². The number of esters is 2. The number of sulfonamides is 1. The molecule has 0 radical (unpaired) electrons. The molecule has 31 heteroatoms. The number of allylic oxidation sites excluding steroid dienone is 2. The molecular weight excluding hydrogens is 1240 g/mol. The molecule has 84 heavy (non-hydrogen) atoms. The minimum Gasteiger partial charge on any atom is -0.467 e. The van der Waals surface area contributed by atoms with E-state index in [4.69, 9.17) is 76.6 Å². The first-order chi connectivity index (χ1) is 39.6. The summed E-state index contributed by atoms with van der Waals surface area (Å²) >= 11 is 17.3. The van der Waals surface area contributed by atoms with E-state index in [0.29, 0.717) is 28.6 Å². The van der Waals surface area contributed by atoms with Crippen LogP contribution in [0.15, 0.2) is 153 Å². The highest BCUT2D eigenvalue weighted by molar-refractivity contribution is 8.08. The topological polar surface area (TPSA) is 264 Å². The van der Waals surface area contributed by atoms with Crippen LogP contribution in [0.3, 0.4) is 0 Å². The van der Waals surface area contributed by atoms with Gasteiger partial charge in [0.25, 0.3) is 10.0 Å². The average molecular weight is 1300 g/mol. The van der Waals surface area contributed by atoms with Gasteiger partial charge in [0.05, 0.1) is 25.7 Å². The van der Waals surface area contributed by atoms with Crippen LogP contribution >= 0.6 is 36.8 Å². The lowest BCUT2D eigenvalue weighted by Gasteiger charge is -2.18. The van der Waals surface area contributed by atoms with E-state index in [1.165, 1.54) is 60.7 Å². The predicted octanol–water partition coefficient (Wildman–Crippen LogP) is 12.7. The molecule has 3 unspecified atom stereocenters. The lowest BCUT2D eigenvalue weighted by atomic mass is 10.1. The number of nitrogens with zero attached hydrogens (tertiary/aromatic N) is 4. The first kappa shape index (κ1) is 68.1. The zero-order valence-corrected chi connectivity index (χ0v) is 51.7. The Balaban J connectivity index is 0.000000232. The van der Waals surface area contributed by atoms with Gasteiger partial charge in [-0.2, -0.15) is 33.4 Å². The lowest BCUT2D eigenvalue weighted by Crippen LogP contribution is -2.35. The van der Waals surface area contributed by atoms with Crippen LogP contribution in [0.2, 0.25) is 0 Å². The fourth-order valence-electron chi connectivity index (χ4n) is 7.13. The second-order valence-corrected chi connectivity index (χ2v) is 26.9. The number of hydrogen-bond donors (Lipinski definition) is 2. The van der Waals surface area contributed by atoms with Gasteiger partial charge in [-0.1, -0.05) is 85.8 Å². The molecule has 1 aromatic heterocycles. The number of nitriles is 1. The highest BCUT2D eigenvalue weighted by Gasteiger charge is 2.62. The maximum atomic E-state index is 12.7. The van der Waals surface area contributed by atoms with E-state index in [1.807, 2.05) is 72.8 Å². The summed E-state index contributed by atoms with van der Waals surface area (Å²) in [4.78, 5) is 49.5. The van der Waals surface area contributed by atoms with Crippen LogP contribution in [0.1, 0.15) is 41.7 Å². The molecule has 1 saturated carbocycles. The van der Waals surface area contributed by atoms with Gasteiger partial charge >= 0.3 is 43.6 Å². The standard InChI is InChI=1S/C23H19ClF3NO3.C16H20O6P2S3.C14H15N5O6S/c1-22(2)17(12-19(24)23(25,26)27)20(22)21(29)31-18(13-28)14-7-6-10-16(11-14)30-15-8-4-3-5-9-15;1-17-23(25,18-2)21-13-5-9-15(10-6-13)27-16-11-7-14(8-12-16)22-24(26,19-3)20-4;1-8-15-12(18-14(16-8)25-3)17-13(21)19-26(22,23)10-7-5-4-6-9(10)11(20)24-2/h3-12,17-18,20H,1-2H3;5-12H,1-4H3;4-7H,1-3H3,(H2,15,16,17,18,19,21)/b19-12-;;. The Morgan fingerprint density at radius 3 is 1.81 bits per heavy atom. The summed E-state index contributed by atoms with van der Waals surface area (Å²) in [6, 6.07) is 36.6. The van der Waals surface area contributed by atoms with Gasteiger partial charge in [-0.15, -0.1) is 0 Å². The maximum Gasteiger partial charge on any atom is 0.426 e. The number of ether oxygens (including phenoxy) is 4. The molecule has 5 aromatic carbocycles. The molecule has 21 nitrogen and oxygen atoms in total. The summed E-state index contributed by atoms with van der Waals surface area (Å²) in [5, 5.41) is 10.4. The van der Waals surface area contributed by atoms with E-state index >= 15 is 0 Å². The summed E-state index contributed by atoms with van der Waals surface area (Å²) in [7, 11) is 3.97. The molecule has 448 valence electrons. The molecule has 0 bridgehead atoms. The van der Waals surface area contributed by atoms with Gasteiger partial charge in [0.1, 0.15) is 44.8 Å². The number of para-hydroxylation sites is 1. The molecule has 7 rings (SSSR count). The van der Waals surface area contributed by atoms with Crippen molar-refractivity contribution in [2.75, 3.05) is 48.0 Å². The Bertz CT molecular complexity index is 3470. The van der Waals surface area contributed by atoms with Crippen LogP contribution in [0.4, 0.5) is 23.9 Å². The molecule has 1 heterocycles. The smallest absolute Gasteiger partial charge is 0.426 e. The van der Waals surface area contributed by atoms with Crippen molar-refractivity contribution in [3.05, 3.63) is 155 Å². The molecule has 3 atom stereocenters. The molecule has 2 amide bonds. The molecule has 6 aromatic rings. The summed E-state index contributed by atoms with van der Waals surface area (Å²) in [6.07, 6.45) is -5.07. The maximum absolute atomic E-state index is 12.7. The van der Waals surface area contributed by atoms with Gasteiger partial charge < -0.3 is 46.1 Å². The van der Waals surface area contributed by atoms with Crippen LogP contribution in [0, 0.1) is 35.5 Å². The second-order valence-electron chi connectivity index (χ2n) is 17.4. The van der Waals surface area contributed by atoms with Crippen LogP contribution < -0.4 is 28.6 Å². The molecule has 1 aliphatic rings. The minimum absolute atomic E-state index is 0.0494. The van der Waals surface area contributed by atoms with E-state index < -0.39 is 80.9 Å². The van der Waals surface area contributed by atoms with Gasteiger partial charge in [0.2, 0.25) is 12.1 Å². The first-order valence-electron chi connectivity index (χ1n) is 24.0. The second kappa shape index (κ2) is 30.4. The molecule has 1 aliphatic carbocycles. The van der Waals surface area contributed by atoms with Crippen LogP contribution in [0.25, 0.3) is 0 Å². The van der Waals surface area contributed by atoms with Gasteiger partial charge in [-0.05, 0) is 103 Å². The third-order valence-corrected chi connectivity index (χ3v) is 19.0. The van der Waals surface area contributed by atoms with Crippen molar-refractivity contribution < 1.29 is 82.1 Å². The van der Waals surface area contributed by atoms with E-state index in [9.17, 15) is 41.2 Å². The van der Waals surface area contributed by atoms with Crippen LogP contribution in [0.5, 0.6) is 29.0 Å². The fraction of sp³-hybridized carbons (Fsp3) is 0.264. The van der Waals surface area contributed by atoms with Crippen molar-refractivity contribution >= 4 is 94.4 Å². The number of aromatic nitrogens is 3. The van der Waals surface area contributed by atoms with E-state index in [-0.39, 0.29) is 23.3 Å². The monoisotopic (exact) mass is 1300 g/mol. The van der Waals surface area contributed by atoms with Crippen molar-refractivity contribution in [3.63, 3.8) is 0 Å². The molecular formula is C53H54ClF3N6O15P2S4. The third-order valence-electron chi connectivity index (χ3n) is 11.4. The lowest BCUT2D eigenvalue weighted by molar-refractivity contribution is -0.149. The summed E-state index contributed by atoms with van der Waals surface area (Å²) in [6.45, 7) is -0.617. The number of amides is 2. The van der Waals surface area contributed by atoms with Gasteiger partial charge in [0, 0.05) is 67.4 Å². The quantitative estimate of drug-likeness (QED) is 0.0501. The Hall–Kier alpha value is -6.73. The number of rotatable bonds is 21. The Morgan fingerprint density at radius 1 is 0.762 bits per heavy atom. The largest absolute Gasteiger partial charge is 0.467 e. The summed E-state index contributed by atoms with van der Waals surface area (Å²) < 4.78 is 117. The minimum atomic E-state index is -4.68. The van der Waals surface area contributed by atoms with Gasteiger partial charge in [0.15, 0.2) is 0 Å².